The standard InChI is InChI=1S/C8H16N2/c1-7-2-3-8-4-9-6-10(8)5-7/h7-9H,2-6H2,1H3. The van der Waals surface area contributed by atoms with Gasteiger partial charge in [0, 0.05) is 25.8 Å². The average Bonchev–Trinajstić information content (AvgIpc) is 2.33. The number of hydrogen-bond donors (Lipinski definition) is 1. The minimum absolute atomic E-state index is 0.871. The molecule has 0 bridgehead atoms. The third-order valence-electron chi connectivity index (χ3n) is 2.75. The highest BCUT2D eigenvalue weighted by Crippen LogP contribution is 2.22. The van der Waals surface area contributed by atoms with Crippen molar-refractivity contribution in [3.63, 3.8) is 0 Å². The summed E-state index contributed by atoms with van der Waals surface area (Å²) in [5, 5.41) is 3.41. The average molecular weight is 140 g/mol. The molecule has 2 nitrogen and oxygen atoms in total. The van der Waals surface area contributed by atoms with Gasteiger partial charge in [0.15, 0.2) is 0 Å². The number of rotatable bonds is 0. The van der Waals surface area contributed by atoms with Crippen LogP contribution in [0.4, 0.5) is 0 Å². The van der Waals surface area contributed by atoms with E-state index >= 15 is 0 Å². The lowest BCUT2D eigenvalue weighted by atomic mass is 9.96. The van der Waals surface area contributed by atoms with E-state index in [1.165, 1.54) is 25.9 Å². The monoisotopic (exact) mass is 140 g/mol. The van der Waals surface area contributed by atoms with Crippen LogP contribution in [-0.2, 0) is 0 Å². The molecule has 0 aromatic heterocycles. The lowest BCUT2D eigenvalue weighted by molar-refractivity contribution is 0.160. The molecule has 0 saturated carbocycles. The third kappa shape index (κ3) is 1.06. The lowest BCUT2D eigenvalue weighted by Gasteiger charge is -2.32. The van der Waals surface area contributed by atoms with Crippen molar-refractivity contribution in [2.75, 3.05) is 19.8 Å². The van der Waals surface area contributed by atoms with Gasteiger partial charge in [-0.3, -0.25) is 4.90 Å². The lowest BCUT2D eigenvalue weighted by Crippen LogP contribution is -2.39. The Morgan fingerprint density at radius 1 is 1.40 bits per heavy atom. The molecule has 2 fully saturated rings. The van der Waals surface area contributed by atoms with E-state index in [1.54, 1.807) is 0 Å². The molecule has 0 aliphatic carbocycles. The Morgan fingerprint density at radius 2 is 2.30 bits per heavy atom. The summed E-state index contributed by atoms with van der Waals surface area (Å²) in [5.41, 5.74) is 0. The molecule has 0 aromatic carbocycles. The fourth-order valence-electron chi connectivity index (χ4n) is 2.10. The van der Waals surface area contributed by atoms with Gasteiger partial charge < -0.3 is 5.32 Å². The van der Waals surface area contributed by atoms with E-state index in [0.717, 1.165) is 18.6 Å². The Kier molecular flexibility index (Phi) is 1.66. The summed E-state index contributed by atoms with van der Waals surface area (Å²) in [5.74, 6) is 0.927. The van der Waals surface area contributed by atoms with Crippen LogP contribution in [0.25, 0.3) is 0 Å². The van der Waals surface area contributed by atoms with E-state index in [0.29, 0.717) is 0 Å². The number of nitrogens with one attached hydrogen (secondary N) is 1. The molecule has 2 unspecified atom stereocenters. The molecule has 2 rings (SSSR count). The van der Waals surface area contributed by atoms with Crippen LogP contribution in [0.5, 0.6) is 0 Å². The van der Waals surface area contributed by atoms with E-state index in [4.69, 9.17) is 0 Å². The van der Waals surface area contributed by atoms with Gasteiger partial charge in [-0.05, 0) is 18.8 Å². The predicted octanol–water partition coefficient (Wildman–Crippen LogP) is 0.648. The van der Waals surface area contributed by atoms with Crippen molar-refractivity contribution in [1.29, 1.82) is 0 Å². The topological polar surface area (TPSA) is 15.3 Å². The van der Waals surface area contributed by atoms with Crippen LogP contribution in [0.1, 0.15) is 19.8 Å². The molecule has 0 radical (unpaired) electrons. The van der Waals surface area contributed by atoms with Gasteiger partial charge in [-0.1, -0.05) is 6.92 Å². The second-order valence-corrected chi connectivity index (χ2v) is 3.72. The first-order chi connectivity index (χ1) is 4.86. The Morgan fingerprint density at radius 3 is 3.20 bits per heavy atom. The third-order valence-corrected chi connectivity index (χ3v) is 2.75. The van der Waals surface area contributed by atoms with Crippen molar-refractivity contribution < 1.29 is 0 Å². The molecule has 2 atom stereocenters. The minimum Gasteiger partial charge on any atom is -0.303 e. The highest BCUT2D eigenvalue weighted by atomic mass is 15.3. The second kappa shape index (κ2) is 2.51. The van der Waals surface area contributed by atoms with Crippen LogP contribution in [0.15, 0.2) is 0 Å². The first-order valence-corrected chi connectivity index (χ1v) is 4.31. The SMILES string of the molecule is CC1CCC2CNCN2C1. The van der Waals surface area contributed by atoms with Gasteiger partial charge in [0.05, 0.1) is 0 Å². The van der Waals surface area contributed by atoms with Crippen molar-refractivity contribution in [1.82, 2.24) is 10.2 Å². The van der Waals surface area contributed by atoms with Gasteiger partial charge in [-0.15, -0.1) is 0 Å². The van der Waals surface area contributed by atoms with Crippen LogP contribution in [0.3, 0.4) is 0 Å². The fourth-order valence-corrected chi connectivity index (χ4v) is 2.10. The van der Waals surface area contributed by atoms with Crippen LogP contribution >= 0.6 is 0 Å². The summed E-state index contributed by atoms with van der Waals surface area (Å²) in [4.78, 5) is 2.58. The van der Waals surface area contributed by atoms with Gasteiger partial charge in [-0.2, -0.15) is 0 Å². The van der Waals surface area contributed by atoms with Crippen LogP contribution in [0.2, 0.25) is 0 Å². The highest BCUT2D eigenvalue weighted by Gasteiger charge is 2.29. The highest BCUT2D eigenvalue weighted by molar-refractivity contribution is 4.85. The van der Waals surface area contributed by atoms with E-state index in [-0.39, 0.29) is 0 Å². The zero-order chi connectivity index (χ0) is 6.97. The maximum atomic E-state index is 3.41. The second-order valence-electron chi connectivity index (χ2n) is 3.72. The summed E-state index contributed by atoms with van der Waals surface area (Å²) in [6.45, 7) is 6.04. The molecule has 10 heavy (non-hydrogen) atoms. The number of fused-ring (bicyclic) bond motifs is 1. The van der Waals surface area contributed by atoms with Crippen LogP contribution < -0.4 is 5.32 Å². The number of nitrogens with zero attached hydrogens (tertiary/aromatic N) is 1. The molecule has 0 aromatic rings. The molecule has 0 spiro atoms. The molecule has 58 valence electrons. The van der Waals surface area contributed by atoms with E-state index in [1.807, 2.05) is 0 Å². The molecule has 2 aliphatic rings. The number of hydrogen-bond acceptors (Lipinski definition) is 2. The molecule has 2 saturated heterocycles. The zero-order valence-electron chi connectivity index (χ0n) is 6.64. The molecule has 0 amide bonds. The van der Waals surface area contributed by atoms with Crippen molar-refractivity contribution in [3.05, 3.63) is 0 Å². The smallest absolute Gasteiger partial charge is 0.0484 e. The van der Waals surface area contributed by atoms with Crippen molar-refractivity contribution in [2.45, 2.75) is 25.8 Å². The van der Waals surface area contributed by atoms with Gasteiger partial charge in [-0.25, -0.2) is 0 Å². The number of piperidine rings is 1. The molecule has 2 heterocycles. The van der Waals surface area contributed by atoms with Crippen molar-refractivity contribution >= 4 is 0 Å². The van der Waals surface area contributed by atoms with Gasteiger partial charge in [0.2, 0.25) is 0 Å². The molecule has 2 heteroatoms. The summed E-state index contributed by atoms with van der Waals surface area (Å²) < 4.78 is 0. The molecule has 2 aliphatic heterocycles. The minimum atomic E-state index is 0.871. The normalized spacial score (nSPS) is 41.7. The maximum Gasteiger partial charge on any atom is 0.0484 e. The quantitative estimate of drug-likeness (QED) is 0.531. The fraction of sp³-hybridized carbons (Fsp3) is 1.00. The van der Waals surface area contributed by atoms with E-state index in [2.05, 4.69) is 17.1 Å². The Balaban J connectivity index is 1.96. The summed E-state index contributed by atoms with van der Waals surface area (Å²) in [6.07, 6.45) is 2.84. The van der Waals surface area contributed by atoms with Gasteiger partial charge in [0.25, 0.3) is 0 Å². The van der Waals surface area contributed by atoms with Gasteiger partial charge in [0.1, 0.15) is 0 Å². The maximum absolute atomic E-state index is 3.41. The van der Waals surface area contributed by atoms with Gasteiger partial charge >= 0.3 is 0 Å². The zero-order valence-corrected chi connectivity index (χ0v) is 6.64. The largest absolute Gasteiger partial charge is 0.303 e. The predicted molar refractivity (Wildman–Crippen MR) is 41.8 cm³/mol. The molecular weight excluding hydrogens is 124 g/mol. The van der Waals surface area contributed by atoms with Crippen LogP contribution in [0, 0.1) is 5.92 Å². The first kappa shape index (κ1) is 6.62. The Hall–Kier alpha value is -0.0800. The van der Waals surface area contributed by atoms with Crippen LogP contribution in [-0.4, -0.2) is 30.7 Å². The Labute approximate surface area is 62.6 Å². The van der Waals surface area contributed by atoms with Crippen molar-refractivity contribution in [2.24, 2.45) is 5.92 Å². The summed E-state index contributed by atoms with van der Waals surface area (Å²) in [6, 6.07) is 0.871. The first-order valence-electron chi connectivity index (χ1n) is 4.31. The van der Waals surface area contributed by atoms with Crippen molar-refractivity contribution in [3.8, 4) is 0 Å². The Bertz CT molecular complexity index is 124. The molecular formula is C8H16N2. The van der Waals surface area contributed by atoms with E-state index in [9.17, 15) is 0 Å². The summed E-state index contributed by atoms with van der Waals surface area (Å²) >= 11 is 0. The molecule has 1 N–H and O–H groups in total. The summed E-state index contributed by atoms with van der Waals surface area (Å²) in [7, 11) is 0. The van der Waals surface area contributed by atoms with E-state index < -0.39 is 0 Å².